The summed E-state index contributed by atoms with van der Waals surface area (Å²) >= 11 is 0. The largest absolute Gasteiger partial charge is 0.480 e. The Morgan fingerprint density at radius 2 is 1.81 bits per heavy atom. The monoisotopic (exact) mass is 289 g/mol. The number of carboxylic acid groups (broad SMARTS) is 1. The number of carboxylic acids is 1. The van der Waals surface area contributed by atoms with Crippen LogP contribution in [0.3, 0.4) is 0 Å². The summed E-state index contributed by atoms with van der Waals surface area (Å²) in [5.74, 6) is -1.32. The molecule has 1 aromatic carbocycles. The van der Waals surface area contributed by atoms with E-state index in [1.807, 2.05) is 12.1 Å². The van der Waals surface area contributed by atoms with Gasteiger partial charge in [-0.1, -0.05) is 43.5 Å². The zero-order valence-corrected chi connectivity index (χ0v) is 12.3. The number of nitrogens with one attached hydrogen (secondary N) is 1. The van der Waals surface area contributed by atoms with E-state index in [1.165, 1.54) is 0 Å². The number of unbranched alkanes of at least 4 members (excludes halogenated alkanes) is 4. The van der Waals surface area contributed by atoms with E-state index in [-0.39, 0.29) is 5.91 Å². The number of rotatable bonds is 10. The molecule has 1 atom stereocenters. The van der Waals surface area contributed by atoms with Crippen molar-refractivity contribution >= 4 is 11.9 Å². The maximum absolute atomic E-state index is 11.9. The van der Waals surface area contributed by atoms with Gasteiger partial charge >= 0.3 is 5.97 Å². The first-order chi connectivity index (χ1) is 10.1. The zero-order valence-electron chi connectivity index (χ0n) is 12.3. The molecule has 0 unspecified atom stereocenters. The van der Waals surface area contributed by atoms with Gasteiger partial charge in [-0.25, -0.2) is 4.79 Å². The first-order valence-electron chi connectivity index (χ1n) is 7.34. The normalized spacial score (nSPS) is 11.6. The predicted molar refractivity (Wildman–Crippen MR) is 83.2 cm³/mol. The van der Waals surface area contributed by atoms with Gasteiger partial charge in [0.1, 0.15) is 6.04 Å². The van der Waals surface area contributed by atoms with Gasteiger partial charge in [0, 0.05) is 5.56 Å². The number of amides is 1. The first-order valence-corrected chi connectivity index (χ1v) is 7.34. The zero-order chi connectivity index (χ0) is 15.5. The highest BCUT2D eigenvalue weighted by Crippen LogP contribution is 2.09. The molecule has 114 valence electrons. The van der Waals surface area contributed by atoms with Crippen LogP contribution in [0.1, 0.15) is 48.9 Å². The standard InChI is InChI=1S/C17H23NO3/c1-2-3-4-5-6-10-13-15(17(20)21)18-16(19)14-11-8-7-9-12-14/h2,7-9,11-12,15H,1,3-6,10,13H2,(H,18,19)(H,20,21)/t15-/m1/s1. The van der Waals surface area contributed by atoms with E-state index in [1.54, 1.807) is 24.3 Å². The fourth-order valence-corrected chi connectivity index (χ4v) is 2.08. The third kappa shape index (κ3) is 6.75. The number of allylic oxidation sites excluding steroid dienone is 1. The minimum atomic E-state index is -0.981. The van der Waals surface area contributed by atoms with E-state index in [0.717, 1.165) is 32.1 Å². The topological polar surface area (TPSA) is 66.4 Å². The molecular weight excluding hydrogens is 266 g/mol. The Morgan fingerprint density at radius 3 is 2.43 bits per heavy atom. The molecule has 0 aliphatic carbocycles. The predicted octanol–water partition coefficient (Wildman–Crippen LogP) is 3.40. The Balaban J connectivity index is 2.38. The van der Waals surface area contributed by atoms with Crippen LogP contribution in [0, 0.1) is 0 Å². The van der Waals surface area contributed by atoms with Crippen molar-refractivity contribution in [1.29, 1.82) is 0 Å². The van der Waals surface area contributed by atoms with Crippen molar-refractivity contribution in [3.63, 3.8) is 0 Å². The second-order valence-electron chi connectivity index (χ2n) is 5.01. The molecule has 21 heavy (non-hydrogen) atoms. The number of aliphatic carboxylic acids is 1. The number of benzene rings is 1. The Bertz CT molecular complexity index is 456. The molecule has 0 aromatic heterocycles. The molecule has 1 amide bonds. The van der Waals surface area contributed by atoms with Gasteiger partial charge in [0.25, 0.3) is 5.91 Å². The average Bonchev–Trinajstić information content (AvgIpc) is 2.50. The molecule has 0 aliphatic rings. The molecule has 0 fully saturated rings. The van der Waals surface area contributed by atoms with Gasteiger partial charge in [-0.2, -0.15) is 0 Å². The van der Waals surface area contributed by atoms with Gasteiger partial charge in [0.05, 0.1) is 0 Å². The molecular formula is C17H23NO3. The third-order valence-corrected chi connectivity index (χ3v) is 3.29. The van der Waals surface area contributed by atoms with Gasteiger partial charge in [0.15, 0.2) is 0 Å². The van der Waals surface area contributed by atoms with Gasteiger partial charge in [-0.05, 0) is 31.4 Å². The van der Waals surface area contributed by atoms with E-state index in [0.29, 0.717) is 12.0 Å². The molecule has 0 spiro atoms. The summed E-state index contributed by atoms with van der Waals surface area (Å²) in [6, 6.07) is 7.84. The smallest absolute Gasteiger partial charge is 0.326 e. The Morgan fingerprint density at radius 1 is 1.14 bits per heavy atom. The van der Waals surface area contributed by atoms with Crippen LogP contribution < -0.4 is 5.32 Å². The molecule has 2 N–H and O–H groups in total. The summed E-state index contributed by atoms with van der Waals surface area (Å²) in [4.78, 5) is 23.2. The van der Waals surface area contributed by atoms with Crippen molar-refractivity contribution in [2.75, 3.05) is 0 Å². The Kier molecular flexibility index (Phi) is 7.87. The van der Waals surface area contributed by atoms with Crippen LogP contribution in [0.5, 0.6) is 0 Å². The molecule has 4 nitrogen and oxygen atoms in total. The molecule has 0 heterocycles. The summed E-state index contributed by atoms with van der Waals surface area (Å²) in [5.41, 5.74) is 0.481. The molecule has 0 saturated heterocycles. The second kappa shape index (κ2) is 9.75. The molecule has 1 aromatic rings. The molecule has 0 aliphatic heterocycles. The summed E-state index contributed by atoms with van der Waals surface area (Å²) in [5, 5.41) is 11.8. The highest BCUT2D eigenvalue weighted by atomic mass is 16.4. The van der Waals surface area contributed by atoms with E-state index < -0.39 is 12.0 Å². The fourth-order valence-electron chi connectivity index (χ4n) is 2.08. The lowest BCUT2D eigenvalue weighted by molar-refractivity contribution is -0.139. The average molecular weight is 289 g/mol. The van der Waals surface area contributed by atoms with Gasteiger partial charge in [0.2, 0.25) is 0 Å². The van der Waals surface area contributed by atoms with Crippen LogP contribution in [0.15, 0.2) is 43.0 Å². The minimum Gasteiger partial charge on any atom is -0.480 e. The van der Waals surface area contributed by atoms with Crippen molar-refractivity contribution in [2.24, 2.45) is 0 Å². The van der Waals surface area contributed by atoms with Crippen LogP contribution in [-0.2, 0) is 4.79 Å². The summed E-state index contributed by atoms with van der Waals surface area (Å²) in [6.07, 6.45) is 7.25. The highest BCUT2D eigenvalue weighted by molar-refractivity contribution is 5.96. The number of carbonyl (C=O) groups excluding carboxylic acids is 1. The Labute approximate surface area is 125 Å². The lowest BCUT2D eigenvalue weighted by Gasteiger charge is -2.14. The SMILES string of the molecule is C=CCCCCCC[C@@H](NC(=O)c1ccccc1)C(=O)O. The van der Waals surface area contributed by atoms with Crippen LogP contribution in [0.2, 0.25) is 0 Å². The lowest BCUT2D eigenvalue weighted by atomic mass is 10.1. The second-order valence-corrected chi connectivity index (χ2v) is 5.01. The van der Waals surface area contributed by atoms with Gasteiger partial charge in [-0.3, -0.25) is 4.79 Å². The highest BCUT2D eigenvalue weighted by Gasteiger charge is 2.19. The first kappa shape index (κ1) is 17.0. The molecule has 4 heteroatoms. The van der Waals surface area contributed by atoms with Crippen molar-refractivity contribution < 1.29 is 14.7 Å². The van der Waals surface area contributed by atoms with Crippen LogP contribution in [-0.4, -0.2) is 23.0 Å². The number of carbonyl (C=O) groups is 2. The van der Waals surface area contributed by atoms with Crippen molar-refractivity contribution in [1.82, 2.24) is 5.32 Å². The molecule has 0 radical (unpaired) electrons. The van der Waals surface area contributed by atoms with E-state index in [9.17, 15) is 14.7 Å². The lowest BCUT2D eigenvalue weighted by Crippen LogP contribution is -2.40. The van der Waals surface area contributed by atoms with E-state index in [2.05, 4.69) is 11.9 Å². The van der Waals surface area contributed by atoms with Gasteiger partial charge < -0.3 is 10.4 Å². The summed E-state index contributed by atoms with van der Waals surface area (Å²) in [7, 11) is 0. The molecule has 0 saturated carbocycles. The van der Waals surface area contributed by atoms with Crippen molar-refractivity contribution in [3.8, 4) is 0 Å². The summed E-state index contributed by atoms with van der Waals surface area (Å²) in [6.45, 7) is 3.67. The minimum absolute atomic E-state index is 0.338. The molecule has 1 rings (SSSR count). The Hall–Kier alpha value is -2.10. The van der Waals surface area contributed by atoms with Crippen LogP contribution in [0.4, 0.5) is 0 Å². The van der Waals surface area contributed by atoms with Crippen molar-refractivity contribution in [2.45, 2.75) is 44.6 Å². The van der Waals surface area contributed by atoms with Crippen LogP contribution in [0.25, 0.3) is 0 Å². The molecule has 0 bridgehead atoms. The maximum atomic E-state index is 11.9. The number of hydrogen-bond acceptors (Lipinski definition) is 2. The fraction of sp³-hybridized carbons (Fsp3) is 0.412. The van der Waals surface area contributed by atoms with Crippen molar-refractivity contribution in [3.05, 3.63) is 48.6 Å². The summed E-state index contributed by atoms with van der Waals surface area (Å²) < 4.78 is 0. The maximum Gasteiger partial charge on any atom is 0.326 e. The van der Waals surface area contributed by atoms with E-state index >= 15 is 0 Å². The van der Waals surface area contributed by atoms with Gasteiger partial charge in [-0.15, -0.1) is 6.58 Å². The van der Waals surface area contributed by atoms with Crippen LogP contribution >= 0.6 is 0 Å². The quantitative estimate of drug-likeness (QED) is 0.512. The van der Waals surface area contributed by atoms with E-state index in [4.69, 9.17) is 0 Å². The number of hydrogen-bond donors (Lipinski definition) is 2. The third-order valence-electron chi connectivity index (χ3n) is 3.29.